The van der Waals surface area contributed by atoms with Crippen LogP contribution in [0, 0.1) is 6.33 Å². The molecule has 0 atom stereocenters. The van der Waals surface area contributed by atoms with E-state index >= 15 is 0 Å². The first-order chi connectivity index (χ1) is 2.41. The Morgan fingerprint density at radius 1 is 1.60 bits per heavy atom. The number of hydrogen-bond acceptors (Lipinski definition) is 0. The van der Waals surface area contributed by atoms with Gasteiger partial charge < -0.3 is 10.7 Å². The molecule has 3 heteroatoms. The molecule has 0 unspecified atom stereocenters. The van der Waals surface area contributed by atoms with E-state index in [1.165, 1.54) is 0 Å². The van der Waals surface area contributed by atoms with Crippen molar-refractivity contribution in [1.82, 2.24) is 0 Å². The minimum atomic E-state index is -0.125. The molecule has 0 radical (unpaired) electrons. The quantitative estimate of drug-likeness (QED) is 0.342. The van der Waals surface area contributed by atoms with Gasteiger partial charge in [-0.05, 0) is 0 Å². The van der Waals surface area contributed by atoms with Gasteiger partial charge in [-0.2, -0.15) is 0 Å². The van der Waals surface area contributed by atoms with E-state index in [0.29, 0.717) is 0 Å². The third-order valence-electron chi connectivity index (χ3n) is 0. The van der Waals surface area contributed by atoms with E-state index in [4.69, 9.17) is 0 Å². The van der Waals surface area contributed by atoms with Crippen molar-refractivity contribution in [2.75, 3.05) is 0 Å². The Bertz CT molecular complexity index is 15.1. The van der Waals surface area contributed by atoms with E-state index in [0.717, 1.165) is 6.33 Å². The zero-order chi connectivity index (χ0) is 4.71. The summed E-state index contributed by atoms with van der Waals surface area (Å²) in [5, 5.41) is 0. The molecule has 0 aliphatic rings. The summed E-state index contributed by atoms with van der Waals surface area (Å²) in [5.41, 5.74) is 0. The van der Waals surface area contributed by atoms with Crippen molar-refractivity contribution in [3.63, 3.8) is 0 Å². The fraction of sp³-hybridized carbons (Fsp3) is 0. The molecule has 0 saturated heterocycles. The molecule has 0 fully saturated rings. The topological polar surface area (TPSA) is 0 Å². The molecule has 0 aromatic heterocycles. The Hall–Kier alpha value is 0.223. The molecule has 0 heterocycles. The van der Waals surface area contributed by atoms with Gasteiger partial charge in [-0.25, -0.2) is 0 Å². The van der Waals surface area contributed by atoms with Gasteiger partial charge in [0.15, 0.2) is 0 Å². The van der Waals surface area contributed by atoms with E-state index in [-0.39, 0.29) is 18.8 Å². The van der Waals surface area contributed by atoms with Gasteiger partial charge in [-0.3, -0.25) is 6.58 Å². The molecule has 0 bridgehead atoms. The Kier molecular flexibility index (Phi) is 52.6. The molecule has 0 aliphatic carbocycles. The van der Waals surface area contributed by atoms with Crippen molar-refractivity contribution >= 4 is 0 Å². The first kappa shape index (κ1) is 8.97. The molecule has 26 valence electrons. The van der Waals surface area contributed by atoms with Crippen LogP contribution in [0.15, 0.2) is 6.58 Å². The van der Waals surface area contributed by atoms with Gasteiger partial charge in [0.25, 0.3) is 0 Å². The molecule has 5 heavy (non-hydrogen) atoms. The Labute approximate surface area is 40.1 Å². The molecular weight excluding hydrogens is 127 g/mol. The average molecular weight is 129 g/mol. The molecule has 0 aromatic carbocycles. The van der Waals surface area contributed by atoms with Crippen molar-refractivity contribution in [3.8, 4) is 0 Å². The predicted octanol–water partition coefficient (Wildman–Crippen LogP) is 1.32. The van der Waals surface area contributed by atoms with E-state index in [1.54, 1.807) is 0 Å². The van der Waals surface area contributed by atoms with Crippen molar-refractivity contribution in [1.29, 1.82) is 0 Å². The van der Waals surface area contributed by atoms with Crippen LogP contribution in [0.3, 0.4) is 0 Å². The zero-order valence-electron chi connectivity index (χ0n) is 2.67. The van der Waals surface area contributed by atoms with Gasteiger partial charge in [0, 0.05) is 0 Å². The SMILES string of the molecule is C=[C-]F.[F][Zn+]. The normalized spacial score (nSPS) is 4.00. The Morgan fingerprint density at radius 2 is 1.60 bits per heavy atom. The summed E-state index contributed by atoms with van der Waals surface area (Å²) >= 11 is -0.125. The summed E-state index contributed by atoms with van der Waals surface area (Å²) in [6.07, 6.45) is 1.00. The van der Waals surface area contributed by atoms with Crippen molar-refractivity contribution in [2.24, 2.45) is 0 Å². The van der Waals surface area contributed by atoms with Crippen LogP contribution < -0.4 is 0 Å². The number of hydrogen-bond donors (Lipinski definition) is 0. The molecule has 0 amide bonds. The van der Waals surface area contributed by atoms with E-state index in [1.807, 2.05) is 0 Å². The maximum absolute atomic E-state index is 9.93. The predicted molar refractivity (Wildman–Crippen MR) is 11.1 cm³/mol. The van der Waals surface area contributed by atoms with Gasteiger partial charge in [-0.15, -0.1) is 0 Å². The molecule has 0 spiro atoms. The van der Waals surface area contributed by atoms with Crippen LogP contribution in [0.25, 0.3) is 0 Å². The molecule has 0 aliphatic heterocycles. The molecule has 0 nitrogen and oxygen atoms in total. The fourth-order valence-corrected chi connectivity index (χ4v) is 0. The summed E-state index contributed by atoms with van der Waals surface area (Å²) in [7, 11) is 0. The van der Waals surface area contributed by atoms with Gasteiger partial charge >= 0.3 is 22.1 Å². The average Bonchev–Trinajstić information content (AvgIpc) is 1.46. The first-order valence-electron chi connectivity index (χ1n) is 0.810. The first-order valence-corrected chi connectivity index (χ1v) is 1.93. The minimum absolute atomic E-state index is 0.125. The van der Waals surface area contributed by atoms with Crippen LogP contribution in [0.4, 0.5) is 7.71 Å². The maximum atomic E-state index is 9.93. The van der Waals surface area contributed by atoms with Crippen LogP contribution in [0.1, 0.15) is 0 Å². The third kappa shape index (κ3) is 418. The molecule has 0 rings (SSSR count). The van der Waals surface area contributed by atoms with Gasteiger partial charge in [0.1, 0.15) is 0 Å². The van der Waals surface area contributed by atoms with E-state index < -0.39 is 0 Å². The van der Waals surface area contributed by atoms with Crippen LogP contribution in [0.5, 0.6) is 0 Å². The molecule has 0 N–H and O–H groups in total. The van der Waals surface area contributed by atoms with Gasteiger partial charge in [0.2, 0.25) is 0 Å². The van der Waals surface area contributed by atoms with Crippen LogP contribution in [-0.2, 0) is 18.8 Å². The van der Waals surface area contributed by atoms with E-state index in [2.05, 4.69) is 6.58 Å². The summed E-state index contributed by atoms with van der Waals surface area (Å²) in [6.45, 7) is 2.57. The van der Waals surface area contributed by atoms with Gasteiger partial charge in [0.05, 0.1) is 0 Å². The second-order valence-electron chi connectivity index (χ2n) is 0.134. The standard InChI is InChI=1S/C2H2F.FH.Zn/c1-2-3;;/h1H2;1H;/q-1;;+2/p-1. The molecule has 0 aromatic rings. The van der Waals surface area contributed by atoms with Crippen molar-refractivity contribution in [2.45, 2.75) is 0 Å². The van der Waals surface area contributed by atoms with Gasteiger partial charge in [-0.1, -0.05) is 0 Å². The number of halogens is 2. The summed E-state index contributed by atoms with van der Waals surface area (Å²) in [5.74, 6) is 0. The Balaban J connectivity index is 0. The zero-order valence-corrected chi connectivity index (χ0v) is 5.64. The number of rotatable bonds is 0. The molecule has 0 saturated carbocycles. The third-order valence-corrected chi connectivity index (χ3v) is 0. The van der Waals surface area contributed by atoms with Crippen molar-refractivity contribution < 1.29 is 26.5 Å². The van der Waals surface area contributed by atoms with E-state index in [9.17, 15) is 7.71 Å². The fourth-order valence-electron chi connectivity index (χ4n) is 0. The summed E-state index contributed by atoms with van der Waals surface area (Å²) < 4.78 is 19.6. The van der Waals surface area contributed by atoms with Crippen LogP contribution in [-0.4, -0.2) is 0 Å². The van der Waals surface area contributed by atoms with Crippen molar-refractivity contribution in [3.05, 3.63) is 12.9 Å². The summed E-state index contributed by atoms with van der Waals surface area (Å²) in [6, 6.07) is 0. The van der Waals surface area contributed by atoms with Crippen LogP contribution >= 0.6 is 0 Å². The van der Waals surface area contributed by atoms with Crippen LogP contribution in [0.2, 0.25) is 0 Å². The monoisotopic (exact) mass is 128 g/mol. The Morgan fingerprint density at radius 3 is 1.60 bits per heavy atom. The molecular formula is C2H2F2Zn. The second kappa shape index (κ2) is 29.3. The second-order valence-corrected chi connectivity index (χ2v) is 0.134. The summed E-state index contributed by atoms with van der Waals surface area (Å²) in [4.78, 5) is 0.